The lowest BCUT2D eigenvalue weighted by Gasteiger charge is -2.08. The van der Waals surface area contributed by atoms with E-state index < -0.39 is 5.78 Å². The first kappa shape index (κ1) is 24.4. The van der Waals surface area contributed by atoms with Crippen LogP contribution < -0.4 is 9.47 Å². The number of carbonyl (C=O) groups is 3. The molecule has 0 amide bonds. The second-order valence-electron chi connectivity index (χ2n) is 7.01. The Morgan fingerprint density at radius 2 is 1.41 bits per heavy atom. The zero-order chi connectivity index (χ0) is 23.5. The topological polar surface area (TPSA) is 110 Å². The summed E-state index contributed by atoms with van der Waals surface area (Å²) in [6.45, 7) is 1.75. The van der Waals surface area contributed by atoms with Crippen LogP contribution in [0.25, 0.3) is 12.2 Å². The number of benzene rings is 2. The van der Waals surface area contributed by atoms with E-state index >= 15 is 0 Å². The summed E-state index contributed by atoms with van der Waals surface area (Å²) in [7, 11) is 1.42. The van der Waals surface area contributed by atoms with Gasteiger partial charge in [0, 0.05) is 6.42 Å². The standard InChI is InChI=1S/C25H26O7/c1-3-4-21(28)16-32-25-14-18(8-12-23(25)30)6-10-20(27)15-19(26)9-5-17-7-11-22(29)24(13-17)31-2/h5-14,29-30H,3-4,15-16H2,1-2H3/b9-5+,10-6+. The summed E-state index contributed by atoms with van der Waals surface area (Å²) in [5.74, 6) is -0.527. The molecule has 0 saturated heterocycles. The first-order chi connectivity index (χ1) is 15.3. The summed E-state index contributed by atoms with van der Waals surface area (Å²) in [5, 5.41) is 19.5. The predicted molar refractivity (Wildman–Crippen MR) is 121 cm³/mol. The maximum Gasteiger partial charge on any atom is 0.170 e. The monoisotopic (exact) mass is 438 g/mol. The first-order valence-corrected chi connectivity index (χ1v) is 10.1. The molecular weight excluding hydrogens is 412 g/mol. The number of hydrogen-bond donors (Lipinski definition) is 2. The molecular formula is C25H26O7. The van der Waals surface area contributed by atoms with E-state index in [-0.39, 0.29) is 47.6 Å². The highest BCUT2D eigenvalue weighted by atomic mass is 16.5. The van der Waals surface area contributed by atoms with Crippen LogP contribution in [0.2, 0.25) is 0 Å². The van der Waals surface area contributed by atoms with E-state index in [0.29, 0.717) is 17.5 Å². The Bertz CT molecular complexity index is 1030. The van der Waals surface area contributed by atoms with Gasteiger partial charge in [0.15, 0.2) is 40.3 Å². The van der Waals surface area contributed by atoms with E-state index in [1.54, 1.807) is 18.2 Å². The van der Waals surface area contributed by atoms with E-state index in [2.05, 4.69) is 0 Å². The lowest BCUT2D eigenvalue weighted by molar-refractivity contribution is -0.122. The third-order valence-electron chi connectivity index (χ3n) is 4.38. The Labute approximate surface area is 186 Å². The highest BCUT2D eigenvalue weighted by Gasteiger charge is 2.08. The number of ketones is 3. The van der Waals surface area contributed by atoms with Crippen molar-refractivity contribution in [2.45, 2.75) is 26.2 Å². The van der Waals surface area contributed by atoms with Crippen molar-refractivity contribution >= 4 is 29.5 Å². The molecule has 2 aromatic rings. The van der Waals surface area contributed by atoms with Gasteiger partial charge in [-0.05, 0) is 54.0 Å². The van der Waals surface area contributed by atoms with Crippen molar-refractivity contribution in [1.29, 1.82) is 0 Å². The highest BCUT2D eigenvalue weighted by molar-refractivity contribution is 6.10. The van der Waals surface area contributed by atoms with Crippen molar-refractivity contribution in [3.8, 4) is 23.0 Å². The Hall–Kier alpha value is -3.87. The molecule has 0 saturated carbocycles. The van der Waals surface area contributed by atoms with Gasteiger partial charge in [0.1, 0.15) is 6.61 Å². The molecule has 168 valence electrons. The Balaban J connectivity index is 1.94. The minimum Gasteiger partial charge on any atom is -0.504 e. The van der Waals surface area contributed by atoms with Gasteiger partial charge in [-0.2, -0.15) is 0 Å². The van der Waals surface area contributed by atoms with Crippen LogP contribution in [0, 0.1) is 0 Å². The third-order valence-corrected chi connectivity index (χ3v) is 4.38. The summed E-state index contributed by atoms with van der Waals surface area (Å²) in [5.41, 5.74) is 1.22. The fourth-order valence-electron chi connectivity index (χ4n) is 2.73. The molecule has 7 heteroatoms. The molecule has 0 atom stereocenters. The van der Waals surface area contributed by atoms with Crippen LogP contribution >= 0.6 is 0 Å². The number of phenols is 2. The molecule has 0 radical (unpaired) electrons. The van der Waals surface area contributed by atoms with Crippen molar-refractivity contribution in [1.82, 2.24) is 0 Å². The summed E-state index contributed by atoms with van der Waals surface area (Å²) in [4.78, 5) is 35.8. The third kappa shape index (κ3) is 7.75. The van der Waals surface area contributed by atoms with Crippen molar-refractivity contribution in [3.05, 3.63) is 59.7 Å². The maximum atomic E-state index is 12.1. The average Bonchev–Trinajstić information content (AvgIpc) is 2.77. The summed E-state index contributed by atoms with van der Waals surface area (Å²) < 4.78 is 10.4. The Morgan fingerprint density at radius 3 is 1.94 bits per heavy atom. The lowest BCUT2D eigenvalue weighted by atomic mass is 10.1. The molecule has 0 aromatic heterocycles. The number of carbonyl (C=O) groups excluding carboxylic acids is 3. The average molecular weight is 438 g/mol. The molecule has 0 heterocycles. The van der Waals surface area contributed by atoms with Crippen LogP contribution in [0.15, 0.2) is 48.6 Å². The van der Waals surface area contributed by atoms with E-state index in [1.165, 1.54) is 49.6 Å². The zero-order valence-electron chi connectivity index (χ0n) is 18.0. The van der Waals surface area contributed by atoms with Crippen molar-refractivity contribution in [3.63, 3.8) is 0 Å². The number of hydrogen-bond acceptors (Lipinski definition) is 7. The van der Waals surface area contributed by atoms with Gasteiger partial charge in [0.25, 0.3) is 0 Å². The van der Waals surface area contributed by atoms with Gasteiger partial charge in [-0.3, -0.25) is 14.4 Å². The second-order valence-corrected chi connectivity index (χ2v) is 7.01. The minimum atomic E-state index is -0.392. The van der Waals surface area contributed by atoms with E-state index in [1.807, 2.05) is 6.92 Å². The number of methoxy groups -OCH3 is 1. The molecule has 0 bridgehead atoms. The van der Waals surface area contributed by atoms with Gasteiger partial charge in [0.05, 0.1) is 13.5 Å². The second kappa shape index (κ2) is 12.1. The normalized spacial score (nSPS) is 11.1. The zero-order valence-corrected chi connectivity index (χ0v) is 18.0. The number of phenolic OH excluding ortho intramolecular Hbond substituents is 2. The summed E-state index contributed by atoms with van der Waals surface area (Å²) in [6, 6.07) is 9.14. The summed E-state index contributed by atoms with van der Waals surface area (Å²) in [6.07, 6.45) is 6.41. The molecule has 32 heavy (non-hydrogen) atoms. The quantitative estimate of drug-likeness (QED) is 0.379. The molecule has 0 aliphatic rings. The van der Waals surface area contributed by atoms with Gasteiger partial charge in [-0.1, -0.05) is 31.2 Å². The summed E-state index contributed by atoms with van der Waals surface area (Å²) >= 11 is 0. The molecule has 0 spiro atoms. The van der Waals surface area contributed by atoms with Crippen LogP contribution in [-0.2, 0) is 14.4 Å². The molecule has 0 aliphatic heterocycles. The largest absolute Gasteiger partial charge is 0.504 e. The Kier molecular flexibility index (Phi) is 9.22. The molecule has 2 N–H and O–H groups in total. The van der Waals surface area contributed by atoms with E-state index in [9.17, 15) is 24.6 Å². The van der Waals surface area contributed by atoms with Gasteiger partial charge in [-0.25, -0.2) is 0 Å². The van der Waals surface area contributed by atoms with Crippen LogP contribution in [0.1, 0.15) is 37.3 Å². The van der Waals surface area contributed by atoms with Gasteiger partial charge < -0.3 is 19.7 Å². The van der Waals surface area contributed by atoms with Gasteiger partial charge in [0.2, 0.25) is 0 Å². The molecule has 0 unspecified atom stereocenters. The number of ether oxygens (including phenoxy) is 2. The van der Waals surface area contributed by atoms with Crippen molar-refractivity contribution in [2.75, 3.05) is 13.7 Å². The molecule has 7 nitrogen and oxygen atoms in total. The smallest absolute Gasteiger partial charge is 0.170 e. The van der Waals surface area contributed by atoms with Gasteiger partial charge in [-0.15, -0.1) is 0 Å². The lowest BCUT2D eigenvalue weighted by Crippen LogP contribution is -2.10. The number of Topliss-reactive ketones (excluding diaryl/α,β-unsaturated/α-hetero) is 1. The van der Waals surface area contributed by atoms with E-state index in [4.69, 9.17) is 9.47 Å². The highest BCUT2D eigenvalue weighted by Crippen LogP contribution is 2.28. The first-order valence-electron chi connectivity index (χ1n) is 10.1. The predicted octanol–water partition coefficient (Wildman–Crippen LogP) is 4.11. The van der Waals surface area contributed by atoms with Crippen molar-refractivity contribution < 1.29 is 34.1 Å². The number of allylic oxidation sites excluding steroid dienone is 2. The van der Waals surface area contributed by atoms with Crippen LogP contribution in [0.5, 0.6) is 23.0 Å². The van der Waals surface area contributed by atoms with Gasteiger partial charge >= 0.3 is 0 Å². The number of aromatic hydroxyl groups is 2. The fourth-order valence-corrected chi connectivity index (χ4v) is 2.73. The molecule has 2 aromatic carbocycles. The van der Waals surface area contributed by atoms with Crippen LogP contribution in [-0.4, -0.2) is 41.3 Å². The SMILES string of the molecule is CCCC(=O)COc1cc(/C=C/C(=O)CC(=O)/C=C/c2ccc(O)c(OC)c2)ccc1O. The molecule has 0 aliphatic carbocycles. The number of rotatable bonds is 12. The molecule has 2 rings (SSSR count). The van der Waals surface area contributed by atoms with Crippen LogP contribution in [0.4, 0.5) is 0 Å². The minimum absolute atomic E-state index is 0.00774. The van der Waals surface area contributed by atoms with E-state index in [0.717, 1.165) is 6.42 Å². The maximum absolute atomic E-state index is 12.1. The Morgan fingerprint density at radius 1 is 0.875 bits per heavy atom. The molecule has 0 fully saturated rings. The van der Waals surface area contributed by atoms with Crippen LogP contribution in [0.3, 0.4) is 0 Å². The fraction of sp³-hybridized carbons (Fsp3) is 0.240. The van der Waals surface area contributed by atoms with Crippen molar-refractivity contribution in [2.24, 2.45) is 0 Å².